The summed E-state index contributed by atoms with van der Waals surface area (Å²) in [6.07, 6.45) is 0. The minimum absolute atomic E-state index is 0.188. The van der Waals surface area contributed by atoms with Crippen LogP contribution in [0.2, 0.25) is 0 Å². The van der Waals surface area contributed by atoms with E-state index in [2.05, 4.69) is 20.5 Å². The molecule has 0 radical (unpaired) electrons. The van der Waals surface area contributed by atoms with E-state index in [4.69, 9.17) is 9.47 Å². The second kappa shape index (κ2) is 10.1. The number of hydrogen-bond donors (Lipinski definition) is 1. The largest absolute Gasteiger partial charge is 0.492 e. The second-order valence-electron chi connectivity index (χ2n) is 7.30. The molecule has 0 bridgehead atoms. The molecule has 4 rings (SSSR count). The van der Waals surface area contributed by atoms with E-state index in [-0.39, 0.29) is 18.0 Å². The van der Waals surface area contributed by atoms with Crippen LogP contribution in [0.1, 0.15) is 5.56 Å². The first-order chi connectivity index (χ1) is 15.2. The maximum absolute atomic E-state index is 12.5. The van der Waals surface area contributed by atoms with Crippen molar-refractivity contribution in [1.82, 2.24) is 25.2 Å². The summed E-state index contributed by atoms with van der Waals surface area (Å²) in [6.45, 7) is 4.99. The standard InChI is InChI=1S/C22H25N5O4/c28-21(16-27-22(29)19-6-1-2-7-20(19)24-25-27)23-15-17-4-3-5-18(14-17)31-13-10-26-8-11-30-12-9-26/h1-7,14H,8-13,15-16H2,(H,23,28). The van der Waals surface area contributed by atoms with Crippen molar-refractivity contribution in [2.75, 3.05) is 39.5 Å². The zero-order valence-corrected chi connectivity index (χ0v) is 17.2. The molecular formula is C22H25N5O4. The Labute approximate surface area is 179 Å². The number of fused-ring (bicyclic) bond motifs is 1. The second-order valence-corrected chi connectivity index (χ2v) is 7.30. The van der Waals surface area contributed by atoms with Crippen molar-refractivity contribution in [2.24, 2.45) is 0 Å². The normalized spacial score (nSPS) is 14.5. The lowest BCUT2D eigenvalue weighted by Gasteiger charge is -2.26. The first kappa shape index (κ1) is 21.0. The Bertz CT molecular complexity index is 1090. The number of amides is 1. The highest BCUT2D eigenvalue weighted by molar-refractivity contribution is 5.78. The minimum Gasteiger partial charge on any atom is -0.492 e. The topological polar surface area (TPSA) is 98.6 Å². The van der Waals surface area contributed by atoms with Crippen molar-refractivity contribution in [2.45, 2.75) is 13.1 Å². The number of nitrogens with one attached hydrogen (secondary N) is 1. The van der Waals surface area contributed by atoms with Gasteiger partial charge in [-0.3, -0.25) is 14.5 Å². The molecule has 9 nitrogen and oxygen atoms in total. The zero-order chi connectivity index (χ0) is 21.5. The van der Waals surface area contributed by atoms with Crippen molar-refractivity contribution in [3.05, 3.63) is 64.4 Å². The summed E-state index contributed by atoms with van der Waals surface area (Å²) in [5, 5.41) is 11.1. The lowest BCUT2D eigenvalue weighted by atomic mass is 10.2. The van der Waals surface area contributed by atoms with Gasteiger partial charge in [0.15, 0.2) is 0 Å². The molecule has 1 fully saturated rings. The SMILES string of the molecule is O=C(Cn1nnc2ccccc2c1=O)NCc1cccc(OCCN2CCOCC2)c1. The third-order valence-corrected chi connectivity index (χ3v) is 5.09. The van der Waals surface area contributed by atoms with Crippen LogP contribution in [0.5, 0.6) is 5.75 Å². The van der Waals surface area contributed by atoms with Gasteiger partial charge in [-0.2, -0.15) is 0 Å². The molecule has 162 valence electrons. The van der Waals surface area contributed by atoms with Crippen LogP contribution in [0, 0.1) is 0 Å². The number of morpholine rings is 1. The molecule has 1 N–H and O–H groups in total. The summed E-state index contributed by atoms with van der Waals surface area (Å²) in [5.74, 6) is 0.446. The van der Waals surface area contributed by atoms with Crippen LogP contribution < -0.4 is 15.6 Å². The highest BCUT2D eigenvalue weighted by Gasteiger charge is 2.11. The Morgan fingerprint density at radius 2 is 1.97 bits per heavy atom. The molecule has 9 heteroatoms. The van der Waals surface area contributed by atoms with E-state index in [1.807, 2.05) is 24.3 Å². The van der Waals surface area contributed by atoms with Gasteiger partial charge in [0.2, 0.25) is 5.91 Å². The quantitative estimate of drug-likeness (QED) is 0.573. The molecule has 1 aliphatic heterocycles. The van der Waals surface area contributed by atoms with Gasteiger partial charge in [-0.05, 0) is 29.8 Å². The lowest BCUT2D eigenvalue weighted by Crippen LogP contribution is -2.38. The summed E-state index contributed by atoms with van der Waals surface area (Å²) in [6, 6.07) is 14.5. The fraction of sp³-hybridized carbons (Fsp3) is 0.364. The van der Waals surface area contributed by atoms with Crippen molar-refractivity contribution in [3.8, 4) is 5.75 Å². The van der Waals surface area contributed by atoms with Gasteiger partial charge in [-0.1, -0.05) is 29.5 Å². The van der Waals surface area contributed by atoms with Crippen LogP contribution in [-0.2, 0) is 22.6 Å². The van der Waals surface area contributed by atoms with E-state index in [1.54, 1.807) is 24.3 Å². The van der Waals surface area contributed by atoms with E-state index >= 15 is 0 Å². The molecule has 2 heterocycles. The maximum atomic E-state index is 12.5. The third kappa shape index (κ3) is 5.65. The number of ether oxygens (including phenoxy) is 2. The monoisotopic (exact) mass is 423 g/mol. The summed E-state index contributed by atoms with van der Waals surface area (Å²) < 4.78 is 12.3. The van der Waals surface area contributed by atoms with Crippen molar-refractivity contribution in [1.29, 1.82) is 0 Å². The van der Waals surface area contributed by atoms with E-state index in [0.717, 1.165) is 48.8 Å². The van der Waals surface area contributed by atoms with Gasteiger partial charge in [0, 0.05) is 26.2 Å². The van der Waals surface area contributed by atoms with Crippen LogP contribution in [-0.4, -0.2) is 65.3 Å². The highest BCUT2D eigenvalue weighted by atomic mass is 16.5. The number of nitrogens with zero attached hydrogens (tertiary/aromatic N) is 4. The van der Waals surface area contributed by atoms with Gasteiger partial charge >= 0.3 is 0 Å². The van der Waals surface area contributed by atoms with Crippen LogP contribution in [0.15, 0.2) is 53.3 Å². The molecule has 1 aromatic heterocycles. The lowest BCUT2D eigenvalue weighted by molar-refractivity contribution is -0.122. The molecule has 0 atom stereocenters. The molecule has 31 heavy (non-hydrogen) atoms. The molecule has 2 aromatic carbocycles. The Morgan fingerprint density at radius 3 is 2.84 bits per heavy atom. The van der Waals surface area contributed by atoms with Gasteiger partial charge in [0.25, 0.3) is 5.56 Å². The first-order valence-corrected chi connectivity index (χ1v) is 10.3. The van der Waals surface area contributed by atoms with Gasteiger partial charge < -0.3 is 14.8 Å². The van der Waals surface area contributed by atoms with Crippen LogP contribution in [0.25, 0.3) is 10.9 Å². The highest BCUT2D eigenvalue weighted by Crippen LogP contribution is 2.13. The molecule has 1 saturated heterocycles. The summed E-state index contributed by atoms with van der Waals surface area (Å²) >= 11 is 0. The summed E-state index contributed by atoms with van der Waals surface area (Å²) in [7, 11) is 0. The smallest absolute Gasteiger partial charge is 0.278 e. The van der Waals surface area contributed by atoms with Crippen molar-refractivity contribution >= 4 is 16.8 Å². The van der Waals surface area contributed by atoms with E-state index in [1.165, 1.54) is 0 Å². The molecule has 3 aromatic rings. The number of benzene rings is 2. The minimum atomic E-state index is -0.337. The first-order valence-electron chi connectivity index (χ1n) is 10.3. The van der Waals surface area contributed by atoms with Crippen LogP contribution in [0.3, 0.4) is 0 Å². The number of carbonyl (C=O) groups is 1. The Morgan fingerprint density at radius 1 is 1.13 bits per heavy atom. The Kier molecular flexibility index (Phi) is 6.85. The van der Waals surface area contributed by atoms with Crippen LogP contribution in [0.4, 0.5) is 0 Å². The molecular weight excluding hydrogens is 398 g/mol. The predicted octanol–water partition coefficient (Wildman–Crippen LogP) is 0.819. The summed E-state index contributed by atoms with van der Waals surface area (Å²) in [5.41, 5.74) is 1.08. The molecule has 0 saturated carbocycles. The zero-order valence-electron chi connectivity index (χ0n) is 17.2. The molecule has 0 aliphatic carbocycles. The van der Waals surface area contributed by atoms with E-state index in [0.29, 0.717) is 24.1 Å². The van der Waals surface area contributed by atoms with E-state index < -0.39 is 0 Å². The van der Waals surface area contributed by atoms with Crippen LogP contribution >= 0.6 is 0 Å². The average Bonchev–Trinajstić information content (AvgIpc) is 2.81. The van der Waals surface area contributed by atoms with Gasteiger partial charge in [0.1, 0.15) is 24.4 Å². The van der Waals surface area contributed by atoms with Gasteiger partial charge in [0.05, 0.1) is 18.6 Å². The maximum Gasteiger partial charge on any atom is 0.278 e. The fourth-order valence-corrected chi connectivity index (χ4v) is 3.38. The third-order valence-electron chi connectivity index (χ3n) is 5.09. The van der Waals surface area contributed by atoms with Gasteiger partial charge in [-0.25, -0.2) is 4.68 Å². The van der Waals surface area contributed by atoms with E-state index in [9.17, 15) is 9.59 Å². The summed E-state index contributed by atoms with van der Waals surface area (Å²) in [4.78, 5) is 27.1. The fourth-order valence-electron chi connectivity index (χ4n) is 3.38. The van der Waals surface area contributed by atoms with Gasteiger partial charge in [-0.15, -0.1) is 5.10 Å². The number of carbonyl (C=O) groups excluding carboxylic acids is 1. The van der Waals surface area contributed by atoms with Crippen molar-refractivity contribution in [3.63, 3.8) is 0 Å². The van der Waals surface area contributed by atoms with Crippen molar-refractivity contribution < 1.29 is 14.3 Å². The molecule has 1 amide bonds. The average molecular weight is 423 g/mol. The Hall–Kier alpha value is -3.30. The molecule has 1 aliphatic rings. The number of aromatic nitrogens is 3. The number of rotatable bonds is 8. The number of hydrogen-bond acceptors (Lipinski definition) is 7. The predicted molar refractivity (Wildman–Crippen MR) is 115 cm³/mol. The molecule has 0 spiro atoms. The molecule has 0 unspecified atom stereocenters. The Balaban J connectivity index is 1.28.